The van der Waals surface area contributed by atoms with Crippen molar-refractivity contribution in [2.24, 2.45) is 0 Å². The summed E-state index contributed by atoms with van der Waals surface area (Å²) in [6.45, 7) is 6.90. The Balaban J connectivity index is 1.41. The molecule has 2 aromatic rings. The molecule has 2 fully saturated rings. The van der Waals surface area contributed by atoms with Gasteiger partial charge in [-0.05, 0) is 56.5 Å². The molecule has 1 aromatic heterocycles. The second-order valence-corrected chi connectivity index (χ2v) is 11.0. The van der Waals surface area contributed by atoms with Crippen molar-refractivity contribution in [3.8, 4) is 0 Å². The van der Waals surface area contributed by atoms with Crippen molar-refractivity contribution in [3.63, 3.8) is 0 Å². The fraction of sp³-hybridized carbons (Fsp3) is 0.478. The van der Waals surface area contributed by atoms with Gasteiger partial charge in [-0.3, -0.25) is 4.79 Å². The van der Waals surface area contributed by atoms with Crippen molar-refractivity contribution in [2.75, 3.05) is 31.1 Å². The third-order valence-corrected chi connectivity index (χ3v) is 8.12. The van der Waals surface area contributed by atoms with Crippen LogP contribution in [-0.4, -0.2) is 62.0 Å². The van der Waals surface area contributed by atoms with Crippen LogP contribution in [0, 0.1) is 0 Å². The first-order valence-electron chi connectivity index (χ1n) is 11.2. The Kier molecular flexibility index (Phi) is 7.23. The lowest BCUT2D eigenvalue weighted by atomic mass is 10.2. The third-order valence-electron chi connectivity index (χ3n) is 5.89. The van der Waals surface area contributed by atoms with E-state index >= 15 is 0 Å². The number of anilines is 1. The van der Waals surface area contributed by atoms with Gasteiger partial charge in [-0.15, -0.1) is 0 Å². The van der Waals surface area contributed by atoms with Crippen molar-refractivity contribution >= 4 is 33.3 Å². The summed E-state index contributed by atoms with van der Waals surface area (Å²) in [4.78, 5) is 19.6. The summed E-state index contributed by atoms with van der Waals surface area (Å²) in [5, 5.41) is 3.02. The molecule has 3 heterocycles. The van der Waals surface area contributed by atoms with Gasteiger partial charge in [-0.2, -0.15) is 4.31 Å². The Labute approximate surface area is 199 Å². The van der Waals surface area contributed by atoms with E-state index in [1.807, 2.05) is 26.0 Å². The number of ether oxygens (including phenoxy) is 1. The first-order valence-corrected chi connectivity index (χ1v) is 13.0. The Bertz CT molecular complexity index is 1090. The fourth-order valence-electron chi connectivity index (χ4n) is 4.27. The summed E-state index contributed by atoms with van der Waals surface area (Å²) in [7, 11) is -3.63. The molecule has 0 bridgehead atoms. The predicted molar refractivity (Wildman–Crippen MR) is 127 cm³/mol. The molecule has 8 nitrogen and oxygen atoms in total. The standard InChI is InChI=1S/C23H29ClN4O4S/c1-16-14-27(15-17(2)32-16)22-8-5-18(12-25-22)13-26-23(29)20-11-19(6-7-21(20)24)33(30,31)28-9-3-4-10-28/h5-8,11-12,16-17H,3-4,9-10,13-15H2,1-2H3,(H,26,29). The molecule has 0 aliphatic carbocycles. The normalized spacial score (nSPS) is 21.8. The second kappa shape index (κ2) is 9.97. The number of morpholine rings is 1. The minimum atomic E-state index is -3.63. The Hall–Kier alpha value is -2.20. The largest absolute Gasteiger partial charge is 0.372 e. The Morgan fingerprint density at radius 1 is 1.15 bits per heavy atom. The monoisotopic (exact) mass is 492 g/mol. The minimum Gasteiger partial charge on any atom is -0.372 e. The maximum Gasteiger partial charge on any atom is 0.253 e. The number of aromatic nitrogens is 1. The molecule has 33 heavy (non-hydrogen) atoms. The van der Waals surface area contributed by atoms with Crippen molar-refractivity contribution in [1.29, 1.82) is 0 Å². The maximum atomic E-state index is 12.8. The van der Waals surface area contributed by atoms with Gasteiger partial charge in [0.2, 0.25) is 10.0 Å². The molecule has 0 spiro atoms. The van der Waals surface area contributed by atoms with Crippen molar-refractivity contribution < 1.29 is 17.9 Å². The molecule has 0 radical (unpaired) electrons. The summed E-state index contributed by atoms with van der Waals surface area (Å²) in [6.07, 6.45) is 3.71. The molecule has 2 atom stereocenters. The predicted octanol–water partition coefficient (Wildman–Crippen LogP) is 3.06. The number of hydrogen-bond acceptors (Lipinski definition) is 6. The third kappa shape index (κ3) is 5.48. The number of halogens is 1. The topological polar surface area (TPSA) is 91.8 Å². The highest BCUT2D eigenvalue weighted by Crippen LogP contribution is 2.25. The van der Waals surface area contributed by atoms with Gasteiger partial charge in [-0.25, -0.2) is 13.4 Å². The summed E-state index contributed by atoms with van der Waals surface area (Å²) in [6, 6.07) is 8.11. The van der Waals surface area contributed by atoms with E-state index in [0.717, 1.165) is 37.3 Å². The molecule has 2 unspecified atom stereocenters. The number of nitrogens with one attached hydrogen (secondary N) is 1. The second-order valence-electron chi connectivity index (χ2n) is 8.62. The molecular formula is C23H29ClN4O4S. The van der Waals surface area contributed by atoms with Gasteiger partial charge in [0.1, 0.15) is 5.82 Å². The molecule has 10 heteroatoms. The van der Waals surface area contributed by atoms with Crippen LogP contribution in [0.3, 0.4) is 0 Å². The number of benzene rings is 1. The number of hydrogen-bond donors (Lipinski definition) is 1. The van der Waals surface area contributed by atoms with Crippen LogP contribution in [0.1, 0.15) is 42.6 Å². The lowest BCUT2D eigenvalue weighted by Gasteiger charge is -2.36. The summed E-state index contributed by atoms with van der Waals surface area (Å²) in [5.74, 6) is 0.438. The van der Waals surface area contributed by atoms with Crippen LogP contribution in [0.2, 0.25) is 5.02 Å². The van der Waals surface area contributed by atoms with Gasteiger partial charge < -0.3 is 15.0 Å². The quantitative estimate of drug-likeness (QED) is 0.666. The number of amides is 1. The van der Waals surface area contributed by atoms with Crippen molar-refractivity contribution in [1.82, 2.24) is 14.6 Å². The zero-order valence-corrected chi connectivity index (χ0v) is 20.4. The van der Waals surface area contributed by atoms with Gasteiger partial charge in [0.15, 0.2) is 0 Å². The van der Waals surface area contributed by atoms with E-state index in [1.165, 1.54) is 22.5 Å². The highest BCUT2D eigenvalue weighted by atomic mass is 35.5. The Morgan fingerprint density at radius 3 is 2.48 bits per heavy atom. The summed E-state index contributed by atoms with van der Waals surface area (Å²) >= 11 is 6.22. The molecule has 4 rings (SSSR count). The molecule has 2 saturated heterocycles. The zero-order chi connectivity index (χ0) is 23.6. The van der Waals surface area contributed by atoms with E-state index in [1.54, 1.807) is 6.20 Å². The van der Waals surface area contributed by atoms with Crippen LogP contribution in [0.4, 0.5) is 5.82 Å². The smallest absolute Gasteiger partial charge is 0.253 e. The van der Waals surface area contributed by atoms with Gasteiger partial charge in [0.25, 0.3) is 5.91 Å². The number of nitrogens with zero attached hydrogens (tertiary/aromatic N) is 3. The minimum absolute atomic E-state index is 0.0823. The first-order chi connectivity index (χ1) is 15.7. The van der Waals surface area contributed by atoms with E-state index in [2.05, 4.69) is 15.2 Å². The lowest BCUT2D eigenvalue weighted by Crippen LogP contribution is -2.45. The van der Waals surface area contributed by atoms with Gasteiger partial charge in [0.05, 0.1) is 27.7 Å². The van der Waals surface area contributed by atoms with E-state index in [-0.39, 0.29) is 34.2 Å². The highest BCUT2D eigenvalue weighted by molar-refractivity contribution is 7.89. The van der Waals surface area contributed by atoms with Crippen LogP contribution in [0.5, 0.6) is 0 Å². The average Bonchev–Trinajstić information content (AvgIpc) is 3.33. The molecule has 1 N–H and O–H groups in total. The molecule has 1 aromatic carbocycles. The Morgan fingerprint density at radius 2 is 1.85 bits per heavy atom. The van der Waals surface area contributed by atoms with Gasteiger partial charge in [0, 0.05) is 38.9 Å². The zero-order valence-electron chi connectivity index (χ0n) is 18.8. The molecule has 178 valence electrons. The molecule has 2 aliphatic rings. The van der Waals surface area contributed by atoms with Crippen molar-refractivity contribution in [3.05, 3.63) is 52.7 Å². The van der Waals surface area contributed by atoms with E-state index in [0.29, 0.717) is 13.1 Å². The van der Waals surface area contributed by atoms with Crippen LogP contribution in [-0.2, 0) is 21.3 Å². The van der Waals surface area contributed by atoms with E-state index in [9.17, 15) is 13.2 Å². The number of carbonyl (C=O) groups is 1. The van der Waals surface area contributed by atoms with E-state index in [4.69, 9.17) is 16.3 Å². The first kappa shape index (κ1) is 23.9. The van der Waals surface area contributed by atoms with Crippen molar-refractivity contribution in [2.45, 2.75) is 50.3 Å². The SMILES string of the molecule is CC1CN(c2ccc(CNC(=O)c3cc(S(=O)(=O)N4CCCC4)ccc3Cl)cn2)CC(C)O1. The molecule has 1 amide bonds. The number of carbonyl (C=O) groups excluding carboxylic acids is 1. The van der Waals surface area contributed by atoms with E-state index < -0.39 is 15.9 Å². The molecule has 2 aliphatic heterocycles. The van der Waals surface area contributed by atoms with Crippen LogP contribution >= 0.6 is 11.6 Å². The van der Waals surface area contributed by atoms with Gasteiger partial charge >= 0.3 is 0 Å². The molecule has 0 saturated carbocycles. The maximum absolute atomic E-state index is 12.8. The lowest BCUT2D eigenvalue weighted by molar-refractivity contribution is -0.00546. The summed E-state index contributed by atoms with van der Waals surface area (Å²) < 4.78 is 32.9. The van der Waals surface area contributed by atoms with Crippen LogP contribution < -0.4 is 10.2 Å². The number of pyridine rings is 1. The highest BCUT2D eigenvalue weighted by Gasteiger charge is 2.28. The number of sulfonamides is 1. The average molecular weight is 493 g/mol. The molecular weight excluding hydrogens is 464 g/mol. The van der Waals surface area contributed by atoms with Crippen LogP contribution in [0.25, 0.3) is 0 Å². The summed E-state index contributed by atoms with van der Waals surface area (Å²) in [5.41, 5.74) is 0.969. The fourth-order valence-corrected chi connectivity index (χ4v) is 6.01. The van der Waals surface area contributed by atoms with Gasteiger partial charge in [-0.1, -0.05) is 17.7 Å². The number of rotatable bonds is 6. The van der Waals surface area contributed by atoms with Crippen LogP contribution in [0.15, 0.2) is 41.4 Å².